The van der Waals surface area contributed by atoms with E-state index < -0.39 is 42.3 Å². The number of anilines is 1. The van der Waals surface area contributed by atoms with E-state index in [1.807, 2.05) is 0 Å². The van der Waals surface area contributed by atoms with Crippen LogP contribution in [0.15, 0.2) is 30.7 Å². The zero-order valence-corrected chi connectivity index (χ0v) is 17.1. The third kappa shape index (κ3) is 5.27. The lowest BCUT2D eigenvalue weighted by atomic mass is 10.1. The molecule has 166 valence electrons. The summed E-state index contributed by atoms with van der Waals surface area (Å²) in [5.74, 6) is -0.690. The first kappa shape index (κ1) is 22.9. The van der Waals surface area contributed by atoms with E-state index in [0.29, 0.717) is 23.1 Å². The Morgan fingerprint density at radius 1 is 1.29 bits per heavy atom. The number of pyridine rings is 1. The number of nitrogens with zero attached hydrogens (tertiary/aromatic N) is 5. The maximum atomic E-state index is 14.5. The van der Waals surface area contributed by atoms with Crippen LogP contribution in [0.25, 0.3) is 0 Å². The molecule has 0 aliphatic carbocycles. The average molecular weight is 460 g/mol. The lowest BCUT2D eigenvalue weighted by molar-refractivity contribution is -0.138. The smallest absolute Gasteiger partial charge is 0.309 e. The summed E-state index contributed by atoms with van der Waals surface area (Å²) in [6.07, 6.45) is -3.56. The van der Waals surface area contributed by atoms with E-state index >= 15 is 0 Å². The van der Waals surface area contributed by atoms with Crippen molar-refractivity contribution >= 4 is 29.4 Å². The topological polar surface area (TPSA) is 79.3 Å². The van der Waals surface area contributed by atoms with Crippen molar-refractivity contribution in [1.82, 2.24) is 19.9 Å². The summed E-state index contributed by atoms with van der Waals surface area (Å²) in [5.41, 5.74) is -0.673. The maximum Gasteiger partial charge on any atom is 0.419 e. The molecule has 2 amide bonds. The Bertz CT molecular complexity index is 957. The Morgan fingerprint density at radius 3 is 2.55 bits per heavy atom. The molecule has 1 aliphatic heterocycles. The first-order valence-corrected chi connectivity index (χ1v) is 9.71. The van der Waals surface area contributed by atoms with Crippen LogP contribution in [0.2, 0.25) is 5.02 Å². The van der Waals surface area contributed by atoms with E-state index in [2.05, 4.69) is 15.0 Å². The van der Waals surface area contributed by atoms with Gasteiger partial charge in [-0.15, -0.1) is 0 Å². The van der Waals surface area contributed by atoms with Crippen molar-refractivity contribution in [1.29, 1.82) is 0 Å². The molecule has 3 rings (SSSR count). The minimum Gasteiger partial charge on any atom is -0.309 e. The van der Waals surface area contributed by atoms with Crippen molar-refractivity contribution in [2.24, 2.45) is 0 Å². The lowest BCUT2D eigenvalue weighted by Gasteiger charge is -2.24. The Balaban J connectivity index is 1.78. The van der Waals surface area contributed by atoms with Crippen LogP contribution in [0.4, 0.5) is 28.3 Å². The summed E-state index contributed by atoms with van der Waals surface area (Å²) in [6, 6.07) is 1.33. The number of halogens is 5. The summed E-state index contributed by atoms with van der Waals surface area (Å²) in [4.78, 5) is 38.6. The number of hydrogen-bond donors (Lipinski definition) is 0. The van der Waals surface area contributed by atoms with Crippen LogP contribution in [0.1, 0.15) is 24.6 Å². The fraction of sp³-hybridized carbons (Fsp3) is 0.421. The molecule has 1 fully saturated rings. The zero-order valence-electron chi connectivity index (χ0n) is 16.3. The molecule has 1 aliphatic rings. The number of alkyl halides is 4. The normalized spacial score (nSPS) is 17.9. The van der Waals surface area contributed by atoms with Crippen LogP contribution >= 0.6 is 11.6 Å². The van der Waals surface area contributed by atoms with Crippen molar-refractivity contribution in [2.75, 3.05) is 18.0 Å². The Hall–Kier alpha value is -2.82. The fourth-order valence-electron chi connectivity index (χ4n) is 3.19. The predicted molar refractivity (Wildman–Crippen MR) is 103 cm³/mol. The van der Waals surface area contributed by atoms with Gasteiger partial charge in [-0.3, -0.25) is 14.7 Å². The SMILES string of the molecule is CC[C@H](F)[C@H]1CN(c2ncc(C(F)(F)F)cn2)C(=O)N1CC(=O)Cc1cc(Cl)ccn1. The molecule has 0 aromatic carbocycles. The van der Waals surface area contributed by atoms with Crippen molar-refractivity contribution < 1.29 is 27.2 Å². The zero-order chi connectivity index (χ0) is 22.8. The number of Topliss-reactive ketones (excluding diaryl/α,β-unsaturated/α-hetero) is 1. The second-order valence-corrected chi connectivity index (χ2v) is 7.40. The maximum absolute atomic E-state index is 14.5. The minimum absolute atomic E-state index is 0.0835. The lowest BCUT2D eigenvalue weighted by Crippen LogP contribution is -2.43. The summed E-state index contributed by atoms with van der Waals surface area (Å²) < 4.78 is 52.7. The quantitative estimate of drug-likeness (QED) is 0.590. The third-order valence-corrected chi connectivity index (χ3v) is 5.00. The van der Waals surface area contributed by atoms with E-state index in [1.165, 1.54) is 12.3 Å². The second-order valence-electron chi connectivity index (χ2n) is 6.96. The van der Waals surface area contributed by atoms with Gasteiger partial charge in [0.15, 0.2) is 5.78 Å². The van der Waals surface area contributed by atoms with E-state index in [0.717, 1.165) is 9.80 Å². The monoisotopic (exact) mass is 459 g/mol. The van der Waals surface area contributed by atoms with Gasteiger partial charge in [-0.25, -0.2) is 19.2 Å². The molecule has 0 spiro atoms. The molecule has 3 heterocycles. The van der Waals surface area contributed by atoms with Gasteiger partial charge in [0.25, 0.3) is 0 Å². The largest absolute Gasteiger partial charge is 0.419 e. The minimum atomic E-state index is -4.63. The highest BCUT2D eigenvalue weighted by Gasteiger charge is 2.44. The first-order chi connectivity index (χ1) is 14.6. The van der Waals surface area contributed by atoms with E-state index in [4.69, 9.17) is 11.6 Å². The molecule has 0 bridgehead atoms. The van der Waals surface area contributed by atoms with Crippen LogP contribution in [0.5, 0.6) is 0 Å². The highest BCUT2D eigenvalue weighted by molar-refractivity contribution is 6.30. The number of ketones is 1. The number of urea groups is 1. The van der Waals surface area contributed by atoms with Crippen molar-refractivity contribution in [3.63, 3.8) is 0 Å². The second kappa shape index (κ2) is 9.13. The summed E-state index contributed by atoms with van der Waals surface area (Å²) in [6.45, 7) is 0.999. The summed E-state index contributed by atoms with van der Waals surface area (Å²) >= 11 is 5.88. The number of carbonyl (C=O) groups excluding carboxylic acids is 2. The molecule has 0 radical (unpaired) electrons. The van der Waals surface area contributed by atoms with Gasteiger partial charge in [-0.05, 0) is 18.6 Å². The number of hydrogen-bond acceptors (Lipinski definition) is 5. The molecule has 2 aromatic heterocycles. The Labute approximate surface area is 180 Å². The number of carbonyl (C=O) groups is 2. The molecule has 0 saturated carbocycles. The fourth-order valence-corrected chi connectivity index (χ4v) is 3.38. The van der Waals surface area contributed by atoms with Crippen LogP contribution in [-0.2, 0) is 17.4 Å². The number of rotatable bonds is 7. The number of aromatic nitrogens is 3. The molecule has 31 heavy (non-hydrogen) atoms. The van der Waals surface area contributed by atoms with Crippen LogP contribution in [-0.4, -0.2) is 57.0 Å². The highest BCUT2D eigenvalue weighted by Crippen LogP contribution is 2.30. The van der Waals surface area contributed by atoms with Crippen LogP contribution in [0.3, 0.4) is 0 Å². The van der Waals surface area contributed by atoms with Gasteiger partial charge in [0, 0.05) is 29.3 Å². The summed E-state index contributed by atoms with van der Waals surface area (Å²) in [5, 5.41) is 0.397. The number of amides is 2. The summed E-state index contributed by atoms with van der Waals surface area (Å²) in [7, 11) is 0. The Morgan fingerprint density at radius 2 is 1.97 bits per heavy atom. The average Bonchev–Trinajstić information content (AvgIpc) is 3.03. The molecule has 12 heteroatoms. The molecule has 0 N–H and O–H groups in total. The van der Waals surface area contributed by atoms with Gasteiger partial charge < -0.3 is 4.90 Å². The van der Waals surface area contributed by atoms with Crippen LogP contribution in [0, 0.1) is 0 Å². The van der Waals surface area contributed by atoms with Crippen molar-refractivity contribution in [3.8, 4) is 0 Å². The predicted octanol–water partition coefficient (Wildman–Crippen LogP) is 3.71. The van der Waals surface area contributed by atoms with E-state index in [1.54, 1.807) is 13.0 Å². The molecule has 0 unspecified atom stereocenters. The molecule has 2 aromatic rings. The van der Waals surface area contributed by atoms with Gasteiger partial charge in [0.1, 0.15) is 6.17 Å². The standard InChI is InChI=1S/C19H18ClF4N5O2/c1-2-15(21)16-10-29(17-26-7-11(8-27-17)19(22,23)24)18(31)28(16)9-14(30)6-13-5-12(20)3-4-25-13/h3-5,7-8,15-16H,2,6,9-10H2,1H3/t15-,16+/m0/s1. The molecule has 1 saturated heterocycles. The van der Waals surface area contributed by atoms with Gasteiger partial charge in [0.2, 0.25) is 5.95 Å². The molecule has 7 nitrogen and oxygen atoms in total. The molecule has 2 atom stereocenters. The van der Waals surface area contributed by atoms with E-state index in [-0.39, 0.29) is 25.3 Å². The van der Waals surface area contributed by atoms with Crippen LogP contribution < -0.4 is 4.90 Å². The Kier molecular flexibility index (Phi) is 6.73. The van der Waals surface area contributed by atoms with Gasteiger partial charge in [-0.2, -0.15) is 13.2 Å². The molecular formula is C19H18ClF4N5O2. The first-order valence-electron chi connectivity index (χ1n) is 9.33. The van der Waals surface area contributed by atoms with Crippen molar-refractivity contribution in [3.05, 3.63) is 47.0 Å². The van der Waals surface area contributed by atoms with Gasteiger partial charge >= 0.3 is 12.2 Å². The van der Waals surface area contributed by atoms with Gasteiger partial charge in [0.05, 0.1) is 31.1 Å². The third-order valence-electron chi connectivity index (χ3n) is 4.76. The highest BCUT2D eigenvalue weighted by atomic mass is 35.5. The van der Waals surface area contributed by atoms with E-state index in [9.17, 15) is 27.2 Å². The molecular weight excluding hydrogens is 442 g/mol. The van der Waals surface area contributed by atoms with Gasteiger partial charge in [-0.1, -0.05) is 18.5 Å². The van der Waals surface area contributed by atoms with Crippen molar-refractivity contribution in [2.45, 2.75) is 38.2 Å².